The van der Waals surface area contributed by atoms with Crippen LogP contribution in [0.4, 0.5) is 0 Å². The fourth-order valence-electron chi connectivity index (χ4n) is 1.88. The Morgan fingerprint density at radius 1 is 1.05 bits per heavy atom. The second-order valence-corrected chi connectivity index (χ2v) is 4.31. The molecule has 1 heterocycles. The molecule has 0 atom stereocenters. The lowest BCUT2D eigenvalue weighted by Crippen LogP contribution is -2.09. The van der Waals surface area contributed by atoms with Crippen LogP contribution in [-0.2, 0) is 22.7 Å². The van der Waals surface area contributed by atoms with Gasteiger partial charge in [-0.05, 0) is 29.0 Å². The number of ether oxygens (including phenoxy) is 1. The van der Waals surface area contributed by atoms with Gasteiger partial charge in [-0.1, -0.05) is 54.6 Å². The Balaban J connectivity index is 0.000000147. The number of rotatable bonds is 3. The largest absolute Gasteiger partial charge is 0.463 e. The van der Waals surface area contributed by atoms with E-state index in [0.717, 1.165) is 12.1 Å². The molecule has 102 valence electrons. The van der Waals surface area contributed by atoms with Crippen molar-refractivity contribution in [3.8, 4) is 0 Å². The summed E-state index contributed by atoms with van der Waals surface area (Å²) in [6.45, 7) is 1.78. The molecule has 1 aliphatic rings. The van der Waals surface area contributed by atoms with Crippen molar-refractivity contribution in [3.63, 3.8) is 0 Å². The number of carbonyl (C=O) groups is 1. The fourth-order valence-corrected chi connectivity index (χ4v) is 1.88. The predicted molar refractivity (Wildman–Crippen MR) is 79.6 cm³/mol. The summed E-state index contributed by atoms with van der Waals surface area (Å²) in [7, 11) is 0. The van der Waals surface area contributed by atoms with Gasteiger partial charge in [-0.15, -0.1) is 0 Å². The number of nitrogens with one attached hydrogen (secondary N) is 1. The van der Waals surface area contributed by atoms with Crippen molar-refractivity contribution < 1.29 is 9.53 Å². The molecule has 0 bridgehead atoms. The van der Waals surface area contributed by atoms with Crippen LogP contribution in [0.1, 0.15) is 16.7 Å². The first-order valence-corrected chi connectivity index (χ1v) is 6.47. The lowest BCUT2D eigenvalue weighted by molar-refractivity contribution is -0.129. The molecular weight excluding hydrogens is 250 g/mol. The standard InChI is InChI=1S/C9H9N.C8H8O2/c1-2-4-9-7-10-6-5-8(9)3-1;9-7-10-6-8-4-2-1-3-5-8/h1-6,10H,7H2;1-5,7H,6H2. The Bertz CT molecular complexity index is 564. The molecule has 3 nitrogen and oxygen atoms in total. The van der Waals surface area contributed by atoms with Gasteiger partial charge in [0, 0.05) is 6.54 Å². The first kappa shape index (κ1) is 13.9. The molecule has 20 heavy (non-hydrogen) atoms. The van der Waals surface area contributed by atoms with Crippen molar-refractivity contribution in [2.75, 3.05) is 0 Å². The Morgan fingerprint density at radius 3 is 2.55 bits per heavy atom. The quantitative estimate of drug-likeness (QED) is 0.868. The van der Waals surface area contributed by atoms with E-state index in [9.17, 15) is 4.79 Å². The molecule has 0 amide bonds. The number of fused-ring (bicyclic) bond motifs is 1. The van der Waals surface area contributed by atoms with Gasteiger partial charge < -0.3 is 10.1 Å². The van der Waals surface area contributed by atoms with Crippen molar-refractivity contribution in [1.82, 2.24) is 5.32 Å². The van der Waals surface area contributed by atoms with Gasteiger partial charge in [-0.25, -0.2) is 0 Å². The van der Waals surface area contributed by atoms with Gasteiger partial charge in [0.1, 0.15) is 6.61 Å². The first-order valence-electron chi connectivity index (χ1n) is 6.47. The fraction of sp³-hybridized carbons (Fsp3) is 0.118. The average molecular weight is 267 g/mol. The van der Waals surface area contributed by atoms with E-state index in [1.54, 1.807) is 0 Å². The molecular formula is C17H17NO2. The lowest BCUT2D eigenvalue weighted by Gasteiger charge is -2.10. The van der Waals surface area contributed by atoms with Crippen molar-refractivity contribution in [1.29, 1.82) is 0 Å². The summed E-state index contributed by atoms with van der Waals surface area (Å²) in [6.07, 6.45) is 4.08. The third kappa shape index (κ3) is 4.28. The van der Waals surface area contributed by atoms with E-state index < -0.39 is 0 Å². The zero-order chi connectivity index (χ0) is 14.0. The minimum atomic E-state index is 0.365. The van der Waals surface area contributed by atoms with Gasteiger partial charge in [0.2, 0.25) is 0 Å². The smallest absolute Gasteiger partial charge is 0.293 e. The zero-order valence-corrected chi connectivity index (χ0v) is 11.2. The molecule has 0 radical (unpaired) electrons. The van der Waals surface area contributed by atoms with Crippen LogP contribution in [0.15, 0.2) is 60.8 Å². The highest BCUT2D eigenvalue weighted by atomic mass is 16.5. The highest BCUT2D eigenvalue weighted by molar-refractivity contribution is 5.55. The maximum Gasteiger partial charge on any atom is 0.293 e. The van der Waals surface area contributed by atoms with Crippen LogP contribution >= 0.6 is 0 Å². The predicted octanol–water partition coefficient (Wildman–Crippen LogP) is 3.12. The Hall–Kier alpha value is -2.55. The second-order valence-electron chi connectivity index (χ2n) is 4.31. The molecule has 0 saturated carbocycles. The summed E-state index contributed by atoms with van der Waals surface area (Å²) < 4.78 is 4.54. The van der Waals surface area contributed by atoms with Crippen molar-refractivity contribution in [3.05, 3.63) is 77.5 Å². The topological polar surface area (TPSA) is 38.3 Å². The Morgan fingerprint density at radius 2 is 1.80 bits per heavy atom. The molecule has 0 unspecified atom stereocenters. The van der Waals surface area contributed by atoms with Gasteiger partial charge in [0.05, 0.1) is 0 Å². The lowest BCUT2D eigenvalue weighted by atomic mass is 10.1. The number of hydrogen-bond acceptors (Lipinski definition) is 3. The van der Waals surface area contributed by atoms with Gasteiger partial charge in [-0.2, -0.15) is 0 Å². The van der Waals surface area contributed by atoms with Gasteiger partial charge in [0.15, 0.2) is 0 Å². The molecule has 1 aliphatic heterocycles. The number of carbonyl (C=O) groups excluding carboxylic acids is 1. The molecule has 3 heteroatoms. The summed E-state index contributed by atoms with van der Waals surface area (Å²) in [4.78, 5) is 9.76. The maximum atomic E-state index is 9.76. The summed E-state index contributed by atoms with van der Waals surface area (Å²) in [5, 5.41) is 3.16. The van der Waals surface area contributed by atoms with E-state index in [1.807, 2.05) is 36.5 Å². The van der Waals surface area contributed by atoms with Crippen LogP contribution in [0.2, 0.25) is 0 Å². The van der Waals surface area contributed by atoms with Crippen LogP contribution in [-0.4, -0.2) is 6.47 Å². The van der Waals surface area contributed by atoms with Gasteiger partial charge in [-0.3, -0.25) is 4.79 Å². The SMILES string of the molecule is C1=Cc2ccccc2CN1.O=COCc1ccccc1. The number of benzene rings is 2. The van der Waals surface area contributed by atoms with Crippen molar-refractivity contribution in [2.45, 2.75) is 13.2 Å². The van der Waals surface area contributed by atoms with Crippen LogP contribution < -0.4 is 5.32 Å². The third-order valence-corrected chi connectivity index (χ3v) is 2.89. The molecule has 0 spiro atoms. The van der Waals surface area contributed by atoms with E-state index in [1.165, 1.54) is 11.1 Å². The van der Waals surface area contributed by atoms with Crippen LogP contribution in [0, 0.1) is 0 Å². The normalized spacial score (nSPS) is 11.4. The van der Waals surface area contributed by atoms with Gasteiger partial charge in [0.25, 0.3) is 6.47 Å². The van der Waals surface area contributed by atoms with E-state index in [4.69, 9.17) is 0 Å². The third-order valence-electron chi connectivity index (χ3n) is 2.89. The number of hydrogen-bond donors (Lipinski definition) is 1. The second kappa shape index (κ2) is 7.79. The summed E-state index contributed by atoms with van der Waals surface area (Å²) in [6, 6.07) is 18.0. The minimum Gasteiger partial charge on any atom is -0.463 e. The Labute approximate surface area is 118 Å². The van der Waals surface area contributed by atoms with Crippen LogP contribution in [0.3, 0.4) is 0 Å². The van der Waals surface area contributed by atoms with E-state index in [0.29, 0.717) is 13.1 Å². The van der Waals surface area contributed by atoms with Crippen molar-refractivity contribution >= 4 is 12.5 Å². The monoisotopic (exact) mass is 267 g/mol. The van der Waals surface area contributed by atoms with E-state index in [2.05, 4.69) is 40.4 Å². The van der Waals surface area contributed by atoms with E-state index in [-0.39, 0.29) is 0 Å². The average Bonchev–Trinajstić information content (AvgIpc) is 2.55. The Kier molecular flexibility index (Phi) is 5.40. The molecule has 0 fully saturated rings. The molecule has 0 aromatic heterocycles. The van der Waals surface area contributed by atoms with Crippen LogP contribution in [0.5, 0.6) is 0 Å². The molecule has 1 N–H and O–H groups in total. The molecule has 2 aromatic rings. The van der Waals surface area contributed by atoms with Crippen molar-refractivity contribution in [2.24, 2.45) is 0 Å². The maximum absolute atomic E-state index is 9.76. The van der Waals surface area contributed by atoms with E-state index >= 15 is 0 Å². The van der Waals surface area contributed by atoms with Crippen LogP contribution in [0.25, 0.3) is 6.08 Å². The molecule has 3 rings (SSSR count). The first-order chi connectivity index (χ1) is 9.90. The van der Waals surface area contributed by atoms with Gasteiger partial charge >= 0.3 is 0 Å². The summed E-state index contributed by atoms with van der Waals surface area (Å²) in [5.74, 6) is 0. The highest BCUT2D eigenvalue weighted by Gasteiger charge is 1.99. The molecule has 0 saturated heterocycles. The molecule has 0 aliphatic carbocycles. The molecule has 2 aromatic carbocycles. The summed E-state index contributed by atoms with van der Waals surface area (Å²) in [5.41, 5.74) is 3.72. The highest BCUT2D eigenvalue weighted by Crippen LogP contribution is 2.12. The summed E-state index contributed by atoms with van der Waals surface area (Å²) >= 11 is 0. The zero-order valence-electron chi connectivity index (χ0n) is 11.2. The minimum absolute atomic E-state index is 0.365.